The summed E-state index contributed by atoms with van der Waals surface area (Å²) in [6.45, 7) is 0. The van der Waals surface area contributed by atoms with Crippen LogP contribution >= 0.6 is 11.8 Å². The Bertz CT molecular complexity index is 1340. The molecule has 0 aliphatic heterocycles. The Morgan fingerprint density at radius 2 is 1.17 bits per heavy atom. The molecule has 0 saturated carbocycles. The van der Waals surface area contributed by atoms with Gasteiger partial charge in [0.2, 0.25) is 0 Å². The van der Waals surface area contributed by atoms with Crippen LogP contribution in [0.5, 0.6) is 0 Å². The monoisotopic (exact) mass is 499 g/mol. The van der Waals surface area contributed by atoms with Crippen LogP contribution in [0.25, 0.3) is 0 Å². The Hall–Kier alpha value is -4.50. The molecule has 4 aromatic carbocycles. The highest BCUT2D eigenvalue weighted by molar-refractivity contribution is 7.99. The third-order valence-corrected chi connectivity index (χ3v) is 6.81. The summed E-state index contributed by atoms with van der Waals surface area (Å²) in [6, 6.07) is 31.2. The smallest absolute Gasteiger partial charge is 0.277 e. The second kappa shape index (κ2) is 11.3. The molecular formula is C27H21N3O5S. The first-order chi connectivity index (χ1) is 17.4. The molecule has 0 aliphatic rings. The van der Waals surface area contributed by atoms with Crippen LogP contribution in [0.1, 0.15) is 32.8 Å². The van der Waals surface area contributed by atoms with Crippen molar-refractivity contribution < 1.29 is 14.6 Å². The molecule has 0 aromatic heterocycles. The Balaban J connectivity index is 1.77. The van der Waals surface area contributed by atoms with E-state index >= 15 is 0 Å². The van der Waals surface area contributed by atoms with Crippen molar-refractivity contribution in [3.8, 4) is 0 Å². The van der Waals surface area contributed by atoms with Crippen LogP contribution in [0.15, 0.2) is 114 Å². The molecule has 0 spiro atoms. The van der Waals surface area contributed by atoms with E-state index in [4.69, 9.17) is 0 Å². The van der Waals surface area contributed by atoms with Crippen LogP contribution in [-0.2, 0) is 0 Å². The van der Waals surface area contributed by atoms with Crippen molar-refractivity contribution >= 4 is 29.0 Å². The van der Waals surface area contributed by atoms with Crippen molar-refractivity contribution in [1.82, 2.24) is 5.32 Å². The predicted octanol–water partition coefficient (Wildman–Crippen LogP) is 6.51. The van der Waals surface area contributed by atoms with Gasteiger partial charge < -0.3 is 5.32 Å². The SMILES string of the molecule is O=C(N[C@H](c1ccccc1)[C@H](Sc1ccccc1)c1ccccc1)c1cc([N+](=O)[O-])cc([N+](=O)[O-])c1. The highest BCUT2D eigenvalue weighted by atomic mass is 32.2. The lowest BCUT2D eigenvalue weighted by Gasteiger charge is -2.29. The third kappa shape index (κ3) is 5.94. The number of amides is 1. The van der Waals surface area contributed by atoms with E-state index in [2.05, 4.69) is 5.32 Å². The number of carbonyl (C=O) groups is 1. The molecule has 0 fully saturated rings. The number of hydrogen-bond acceptors (Lipinski definition) is 6. The maximum Gasteiger partial charge on any atom is 0.277 e. The van der Waals surface area contributed by atoms with Crippen molar-refractivity contribution in [2.45, 2.75) is 16.2 Å². The maximum atomic E-state index is 13.4. The third-order valence-electron chi connectivity index (χ3n) is 5.47. The Labute approximate surface area is 211 Å². The van der Waals surface area contributed by atoms with Gasteiger partial charge in [0.25, 0.3) is 17.3 Å². The molecule has 4 rings (SSSR count). The van der Waals surface area contributed by atoms with E-state index in [0.717, 1.165) is 34.2 Å². The van der Waals surface area contributed by atoms with Crippen molar-refractivity contribution in [1.29, 1.82) is 0 Å². The van der Waals surface area contributed by atoms with Gasteiger partial charge >= 0.3 is 0 Å². The van der Waals surface area contributed by atoms with Crippen molar-refractivity contribution in [3.63, 3.8) is 0 Å². The van der Waals surface area contributed by atoms with E-state index in [1.54, 1.807) is 11.8 Å². The molecule has 1 amide bonds. The Kier molecular flexibility index (Phi) is 7.72. The lowest BCUT2D eigenvalue weighted by molar-refractivity contribution is -0.394. The number of non-ortho nitro benzene ring substituents is 2. The molecular weight excluding hydrogens is 478 g/mol. The molecule has 0 heterocycles. The van der Waals surface area contributed by atoms with Gasteiger partial charge in [0.15, 0.2) is 0 Å². The molecule has 0 bridgehead atoms. The number of hydrogen-bond donors (Lipinski definition) is 1. The van der Waals surface area contributed by atoms with E-state index in [0.29, 0.717) is 0 Å². The molecule has 2 atom stereocenters. The van der Waals surface area contributed by atoms with Crippen molar-refractivity contribution in [2.24, 2.45) is 0 Å². The van der Waals surface area contributed by atoms with E-state index in [9.17, 15) is 25.0 Å². The Morgan fingerprint density at radius 3 is 1.67 bits per heavy atom. The molecule has 0 unspecified atom stereocenters. The first kappa shape index (κ1) is 24.6. The number of nitro groups is 2. The highest BCUT2D eigenvalue weighted by Crippen LogP contribution is 2.44. The largest absolute Gasteiger partial charge is 0.344 e. The van der Waals surface area contributed by atoms with Gasteiger partial charge in [0.1, 0.15) is 0 Å². The van der Waals surface area contributed by atoms with Gasteiger partial charge in [-0.05, 0) is 23.3 Å². The highest BCUT2D eigenvalue weighted by Gasteiger charge is 2.29. The zero-order valence-electron chi connectivity index (χ0n) is 18.9. The maximum absolute atomic E-state index is 13.4. The number of rotatable bonds is 9. The van der Waals surface area contributed by atoms with Crippen LogP contribution in [0.2, 0.25) is 0 Å². The summed E-state index contributed by atoms with van der Waals surface area (Å²) in [4.78, 5) is 35.6. The second-order valence-corrected chi connectivity index (χ2v) is 9.09. The molecule has 180 valence electrons. The van der Waals surface area contributed by atoms with Gasteiger partial charge in [-0.3, -0.25) is 25.0 Å². The molecule has 0 radical (unpaired) electrons. The van der Waals surface area contributed by atoms with Gasteiger partial charge in [-0.1, -0.05) is 78.9 Å². The fourth-order valence-corrected chi connectivity index (χ4v) is 5.03. The fraction of sp³-hybridized carbons (Fsp3) is 0.0741. The average Bonchev–Trinajstić information content (AvgIpc) is 2.91. The van der Waals surface area contributed by atoms with E-state index < -0.39 is 33.2 Å². The number of carbonyl (C=O) groups excluding carboxylic acids is 1. The first-order valence-corrected chi connectivity index (χ1v) is 11.9. The van der Waals surface area contributed by atoms with Gasteiger partial charge in [-0.2, -0.15) is 0 Å². The lowest BCUT2D eigenvalue weighted by Crippen LogP contribution is -2.32. The second-order valence-electron chi connectivity index (χ2n) is 7.88. The Morgan fingerprint density at radius 1 is 0.694 bits per heavy atom. The lowest BCUT2D eigenvalue weighted by atomic mass is 9.97. The summed E-state index contributed by atoms with van der Waals surface area (Å²) >= 11 is 1.57. The van der Waals surface area contributed by atoms with Crippen molar-refractivity contribution in [2.75, 3.05) is 0 Å². The van der Waals surface area contributed by atoms with E-state index in [1.807, 2.05) is 91.0 Å². The molecule has 0 saturated heterocycles. The summed E-state index contributed by atoms with van der Waals surface area (Å²) in [5.74, 6) is -0.648. The predicted molar refractivity (Wildman–Crippen MR) is 138 cm³/mol. The minimum atomic E-state index is -0.753. The van der Waals surface area contributed by atoms with E-state index in [1.165, 1.54) is 0 Å². The fourth-order valence-electron chi connectivity index (χ4n) is 3.77. The number of nitrogens with zero attached hydrogens (tertiary/aromatic N) is 2. The minimum absolute atomic E-state index is 0.159. The summed E-state index contributed by atoms with van der Waals surface area (Å²) in [6.07, 6.45) is 0. The number of benzene rings is 4. The average molecular weight is 500 g/mol. The standard InChI is InChI=1S/C27H21N3O5S/c31-27(21-16-22(29(32)33)18-23(17-21)30(34)35)28-25(19-10-4-1-5-11-19)26(20-12-6-2-7-13-20)36-24-14-8-3-9-15-24/h1-18,25-26H,(H,28,31)/t25-,26-/m1/s1. The van der Waals surface area contributed by atoms with Gasteiger partial charge in [0, 0.05) is 17.0 Å². The van der Waals surface area contributed by atoms with Crippen LogP contribution < -0.4 is 5.32 Å². The zero-order chi connectivity index (χ0) is 25.5. The quantitative estimate of drug-likeness (QED) is 0.159. The topological polar surface area (TPSA) is 115 Å². The molecule has 0 aliphatic carbocycles. The van der Waals surface area contributed by atoms with E-state index in [-0.39, 0.29) is 10.8 Å². The molecule has 9 heteroatoms. The first-order valence-electron chi connectivity index (χ1n) is 11.0. The summed E-state index contributed by atoms with van der Waals surface area (Å²) in [5, 5.41) is 25.4. The molecule has 8 nitrogen and oxygen atoms in total. The number of nitrogens with one attached hydrogen (secondary N) is 1. The van der Waals surface area contributed by atoms with Gasteiger partial charge in [-0.15, -0.1) is 11.8 Å². The van der Waals surface area contributed by atoms with Crippen molar-refractivity contribution in [3.05, 3.63) is 146 Å². The van der Waals surface area contributed by atoms with Crippen LogP contribution in [0.4, 0.5) is 11.4 Å². The normalized spacial score (nSPS) is 12.3. The summed E-state index contributed by atoms with van der Waals surface area (Å²) in [5.41, 5.74) is 0.578. The van der Waals surface area contributed by atoms with Crippen LogP contribution in [0.3, 0.4) is 0 Å². The number of thioether (sulfide) groups is 1. The summed E-state index contributed by atoms with van der Waals surface area (Å²) < 4.78 is 0. The summed E-state index contributed by atoms with van der Waals surface area (Å²) in [7, 11) is 0. The zero-order valence-corrected chi connectivity index (χ0v) is 19.7. The molecule has 36 heavy (non-hydrogen) atoms. The van der Waals surface area contributed by atoms with Crippen LogP contribution in [0, 0.1) is 20.2 Å². The number of nitro benzene ring substituents is 2. The van der Waals surface area contributed by atoms with Crippen LogP contribution in [-0.4, -0.2) is 15.8 Å². The minimum Gasteiger partial charge on any atom is -0.344 e. The molecule has 4 aromatic rings. The van der Waals surface area contributed by atoms with Gasteiger partial charge in [-0.25, -0.2) is 0 Å². The molecule has 1 N–H and O–H groups in total. The van der Waals surface area contributed by atoms with Gasteiger partial charge in [0.05, 0.1) is 32.8 Å².